The van der Waals surface area contributed by atoms with Gasteiger partial charge >= 0.3 is 5.97 Å². The van der Waals surface area contributed by atoms with E-state index >= 15 is 0 Å². The van der Waals surface area contributed by atoms with Crippen LogP contribution in [0.4, 0.5) is 5.69 Å². The number of nitrogens with zero attached hydrogens (tertiary/aromatic N) is 1. The fourth-order valence-corrected chi connectivity index (χ4v) is 4.44. The molecule has 1 N–H and O–H groups in total. The number of anilines is 1. The molecule has 176 valence electrons. The number of ether oxygens (including phenoxy) is 1. The van der Waals surface area contributed by atoms with Crippen LogP contribution in [-0.4, -0.2) is 23.6 Å². The second-order valence-electron chi connectivity index (χ2n) is 8.54. The quantitative estimate of drug-likeness (QED) is 0.421. The second-order valence-corrected chi connectivity index (χ2v) is 8.54. The summed E-state index contributed by atoms with van der Waals surface area (Å²) in [4.78, 5) is 41.0. The Kier molecular flexibility index (Phi) is 5.40. The highest BCUT2D eigenvalue weighted by Gasteiger charge is 2.43. The van der Waals surface area contributed by atoms with Crippen molar-refractivity contribution in [1.29, 1.82) is 0 Å². The zero-order valence-electron chi connectivity index (χ0n) is 19.5. The maximum Gasteiger partial charge on any atom is 0.338 e. The average Bonchev–Trinajstić information content (AvgIpc) is 3.13. The van der Waals surface area contributed by atoms with Gasteiger partial charge in [0.05, 0.1) is 29.2 Å². The van der Waals surface area contributed by atoms with Crippen LogP contribution < -0.4 is 10.3 Å². The first kappa shape index (κ1) is 22.4. The molecule has 3 aromatic carbocycles. The number of aromatic hydroxyl groups is 1. The molecule has 2 heterocycles. The number of amides is 1. The molecule has 1 aromatic heterocycles. The molecule has 7 nitrogen and oxygen atoms in total. The lowest BCUT2D eigenvalue weighted by Crippen LogP contribution is -2.29. The van der Waals surface area contributed by atoms with Crippen LogP contribution in [-0.2, 0) is 4.74 Å². The Balaban J connectivity index is 1.72. The summed E-state index contributed by atoms with van der Waals surface area (Å²) >= 11 is 0. The van der Waals surface area contributed by atoms with Crippen LogP contribution in [0.1, 0.15) is 56.1 Å². The zero-order chi connectivity index (χ0) is 24.9. The van der Waals surface area contributed by atoms with E-state index in [1.165, 1.54) is 17.0 Å². The van der Waals surface area contributed by atoms with Crippen LogP contribution >= 0.6 is 0 Å². The van der Waals surface area contributed by atoms with Gasteiger partial charge in [0.15, 0.2) is 5.43 Å². The first-order valence-electron chi connectivity index (χ1n) is 11.3. The second kappa shape index (κ2) is 8.43. The molecule has 0 spiro atoms. The molecule has 1 aliphatic rings. The third-order valence-electron chi connectivity index (χ3n) is 6.35. The number of aryl methyl sites for hydroxylation is 2. The number of hydrogen-bond donors (Lipinski definition) is 1. The van der Waals surface area contributed by atoms with Crippen molar-refractivity contribution in [2.24, 2.45) is 0 Å². The van der Waals surface area contributed by atoms with Gasteiger partial charge in [-0.3, -0.25) is 14.5 Å². The Morgan fingerprint density at radius 2 is 1.66 bits per heavy atom. The summed E-state index contributed by atoms with van der Waals surface area (Å²) in [6.07, 6.45) is 0. The predicted octanol–water partition coefficient (Wildman–Crippen LogP) is 5.04. The van der Waals surface area contributed by atoms with E-state index in [1.807, 2.05) is 13.8 Å². The monoisotopic (exact) mass is 469 g/mol. The molecule has 35 heavy (non-hydrogen) atoms. The summed E-state index contributed by atoms with van der Waals surface area (Å²) in [7, 11) is 0. The minimum Gasteiger partial charge on any atom is -0.508 e. The molecular weight excluding hydrogens is 446 g/mol. The first-order valence-corrected chi connectivity index (χ1v) is 11.3. The molecule has 0 radical (unpaired) electrons. The molecular formula is C28H23NO6. The van der Waals surface area contributed by atoms with Crippen molar-refractivity contribution in [3.8, 4) is 5.75 Å². The fraction of sp³-hybridized carbons (Fsp3) is 0.179. The maximum atomic E-state index is 13.7. The molecule has 7 heteroatoms. The third kappa shape index (κ3) is 3.65. The van der Waals surface area contributed by atoms with Crippen molar-refractivity contribution in [1.82, 2.24) is 0 Å². The number of carbonyl (C=O) groups excluding carboxylic acids is 2. The van der Waals surface area contributed by atoms with E-state index in [9.17, 15) is 19.5 Å². The van der Waals surface area contributed by atoms with Gasteiger partial charge in [-0.1, -0.05) is 12.1 Å². The van der Waals surface area contributed by atoms with Crippen molar-refractivity contribution in [3.05, 3.63) is 104 Å². The maximum absolute atomic E-state index is 13.7. The minimum atomic E-state index is -0.770. The van der Waals surface area contributed by atoms with Gasteiger partial charge in [-0.15, -0.1) is 0 Å². The number of fused-ring (bicyclic) bond motifs is 2. The molecule has 1 aliphatic heterocycles. The molecule has 0 saturated carbocycles. The molecule has 1 atom stereocenters. The lowest BCUT2D eigenvalue weighted by molar-refractivity contribution is 0.0526. The van der Waals surface area contributed by atoms with Gasteiger partial charge in [0.25, 0.3) is 5.91 Å². The summed E-state index contributed by atoms with van der Waals surface area (Å²) in [6.45, 7) is 5.82. The van der Waals surface area contributed by atoms with E-state index in [1.54, 1.807) is 55.5 Å². The number of phenolic OH excluding ortho intramolecular Hbond substituents is 1. The third-order valence-corrected chi connectivity index (χ3v) is 6.35. The lowest BCUT2D eigenvalue weighted by atomic mass is 9.97. The number of phenols is 1. The summed E-state index contributed by atoms with van der Waals surface area (Å²) in [5, 5.41) is 10.2. The molecule has 0 fully saturated rings. The topological polar surface area (TPSA) is 97.0 Å². The van der Waals surface area contributed by atoms with Crippen LogP contribution in [0, 0.1) is 13.8 Å². The molecule has 1 amide bonds. The molecule has 0 aliphatic carbocycles. The Hall–Kier alpha value is -4.39. The van der Waals surface area contributed by atoms with Crippen LogP contribution in [0.2, 0.25) is 0 Å². The number of carbonyl (C=O) groups is 2. The van der Waals surface area contributed by atoms with E-state index in [2.05, 4.69) is 0 Å². The van der Waals surface area contributed by atoms with Crippen LogP contribution in [0.3, 0.4) is 0 Å². The minimum absolute atomic E-state index is 0.0155. The Labute approximate surface area is 201 Å². The number of rotatable bonds is 4. The zero-order valence-corrected chi connectivity index (χ0v) is 19.5. The van der Waals surface area contributed by atoms with Crippen molar-refractivity contribution in [2.75, 3.05) is 11.5 Å². The Bertz CT molecular complexity index is 1530. The van der Waals surface area contributed by atoms with Gasteiger partial charge in [0, 0.05) is 5.69 Å². The van der Waals surface area contributed by atoms with Crippen molar-refractivity contribution < 1.29 is 23.8 Å². The molecule has 0 bridgehead atoms. The normalized spacial score (nSPS) is 14.9. The van der Waals surface area contributed by atoms with E-state index in [4.69, 9.17) is 9.15 Å². The van der Waals surface area contributed by atoms with Gasteiger partial charge in [0.1, 0.15) is 11.3 Å². The van der Waals surface area contributed by atoms with E-state index in [0.717, 1.165) is 11.1 Å². The highest BCUT2D eigenvalue weighted by molar-refractivity contribution is 6.10. The summed E-state index contributed by atoms with van der Waals surface area (Å²) in [5.74, 6) is -0.864. The highest BCUT2D eigenvalue weighted by atomic mass is 16.5. The first-order chi connectivity index (χ1) is 16.8. The molecule has 1 unspecified atom stereocenters. The fourth-order valence-electron chi connectivity index (χ4n) is 4.44. The highest BCUT2D eigenvalue weighted by Crippen LogP contribution is 2.41. The Morgan fingerprint density at radius 1 is 1.00 bits per heavy atom. The Morgan fingerprint density at radius 3 is 2.31 bits per heavy atom. The van der Waals surface area contributed by atoms with Gasteiger partial charge in [0.2, 0.25) is 5.76 Å². The lowest BCUT2D eigenvalue weighted by Gasteiger charge is -2.25. The number of hydrogen-bond acceptors (Lipinski definition) is 6. The summed E-state index contributed by atoms with van der Waals surface area (Å²) in [5.41, 5.74) is 3.70. The van der Waals surface area contributed by atoms with Crippen molar-refractivity contribution in [2.45, 2.75) is 26.8 Å². The number of esters is 1. The summed E-state index contributed by atoms with van der Waals surface area (Å²) < 4.78 is 11.1. The standard InChI is InChI=1S/C28H23NO6/c1-4-34-28(33)18-5-9-19(10-6-18)29-24(17-7-11-20(30)12-8-17)23-25(31)21-13-15(2)16(3)14-22(21)35-26(23)27(29)32/h5-14,24,30H,4H2,1-3H3. The smallest absolute Gasteiger partial charge is 0.338 e. The predicted molar refractivity (Wildman–Crippen MR) is 131 cm³/mol. The van der Waals surface area contributed by atoms with Crippen LogP contribution in [0.15, 0.2) is 69.9 Å². The SMILES string of the molecule is CCOC(=O)c1ccc(N2C(=O)c3oc4cc(C)c(C)cc4c(=O)c3C2c2ccc(O)cc2)cc1. The largest absolute Gasteiger partial charge is 0.508 e. The van der Waals surface area contributed by atoms with Crippen LogP contribution in [0.25, 0.3) is 11.0 Å². The van der Waals surface area contributed by atoms with Gasteiger partial charge < -0.3 is 14.3 Å². The molecule has 0 saturated heterocycles. The van der Waals surface area contributed by atoms with Gasteiger partial charge in [-0.25, -0.2) is 4.79 Å². The van der Waals surface area contributed by atoms with Gasteiger partial charge in [-0.05, 0) is 86.0 Å². The van der Waals surface area contributed by atoms with E-state index in [-0.39, 0.29) is 29.1 Å². The van der Waals surface area contributed by atoms with Gasteiger partial charge in [-0.2, -0.15) is 0 Å². The summed E-state index contributed by atoms with van der Waals surface area (Å²) in [6, 6.07) is 15.6. The van der Waals surface area contributed by atoms with E-state index < -0.39 is 17.9 Å². The molecule has 5 rings (SSSR count). The van der Waals surface area contributed by atoms with Crippen molar-refractivity contribution in [3.63, 3.8) is 0 Å². The molecule has 4 aromatic rings. The van der Waals surface area contributed by atoms with Crippen LogP contribution in [0.5, 0.6) is 5.75 Å². The number of benzene rings is 3. The van der Waals surface area contributed by atoms with Crippen molar-refractivity contribution >= 4 is 28.5 Å². The average molecular weight is 469 g/mol. The van der Waals surface area contributed by atoms with E-state index in [0.29, 0.717) is 27.8 Å².